The normalized spacial score (nSPS) is 11.9. The molecule has 0 atom stereocenters. The van der Waals surface area contributed by atoms with Gasteiger partial charge < -0.3 is 38.5 Å². The number of rotatable bonds is 36. The Morgan fingerprint density at radius 3 is 0.575 bits per heavy atom. The summed E-state index contributed by atoms with van der Waals surface area (Å²) >= 11 is 0. The molecule has 4 aromatic rings. The van der Waals surface area contributed by atoms with Crippen LogP contribution in [0.3, 0.4) is 0 Å². The summed E-state index contributed by atoms with van der Waals surface area (Å²) in [6.45, 7) is 22.0. The SMILES string of the molecule is CCCCN(CCCC)C(=O)COc1c2cccc1Cc1cccc(c1OCC(=O)N(CCCC)CCCC)Cc1cccc(c1OCC(=O)N(CCCC)CCCC)Cc1cccc(c1OCC(=O)N(CCCC)CCCC)C2. The molecular formula is C68H100N4O8. The zero-order valence-corrected chi connectivity index (χ0v) is 50.6. The van der Waals surface area contributed by atoms with Crippen LogP contribution in [0.15, 0.2) is 72.8 Å². The van der Waals surface area contributed by atoms with Crippen LogP contribution in [0.4, 0.5) is 0 Å². The highest BCUT2D eigenvalue weighted by Crippen LogP contribution is 2.39. The van der Waals surface area contributed by atoms with Crippen LogP contribution in [0.5, 0.6) is 23.0 Å². The molecule has 5 rings (SSSR count). The molecule has 0 heterocycles. The van der Waals surface area contributed by atoms with Gasteiger partial charge in [-0.3, -0.25) is 19.2 Å². The molecule has 0 unspecified atom stereocenters. The van der Waals surface area contributed by atoms with E-state index in [0.717, 1.165) is 147 Å². The molecule has 0 fully saturated rings. The van der Waals surface area contributed by atoms with Gasteiger partial charge in [0.1, 0.15) is 23.0 Å². The first-order valence-electron chi connectivity index (χ1n) is 31.1. The van der Waals surface area contributed by atoms with E-state index < -0.39 is 0 Å². The lowest BCUT2D eigenvalue weighted by molar-refractivity contribution is -0.134. The highest BCUT2D eigenvalue weighted by atomic mass is 16.5. The summed E-state index contributed by atoms with van der Waals surface area (Å²) in [5.41, 5.74) is 6.95. The van der Waals surface area contributed by atoms with E-state index in [-0.39, 0.29) is 50.1 Å². The minimum absolute atomic E-state index is 0.0502. The molecule has 12 nitrogen and oxygen atoms in total. The first kappa shape index (κ1) is 64.8. The lowest BCUT2D eigenvalue weighted by atomic mass is 9.91. The molecule has 0 spiro atoms. The number of unbranched alkanes of at least 4 members (excludes halogenated alkanes) is 8. The molecule has 0 aromatic heterocycles. The number of carbonyl (C=O) groups is 4. The quantitative estimate of drug-likeness (QED) is 0.0389. The number of benzene rings is 4. The summed E-state index contributed by atoms with van der Waals surface area (Å²) in [5.74, 6) is 2.27. The molecule has 0 aliphatic heterocycles. The topological polar surface area (TPSA) is 118 Å². The number of para-hydroxylation sites is 4. The second-order valence-electron chi connectivity index (χ2n) is 21.8. The van der Waals surface area contributed by atoms with Crippen molar-refractivity contribution in [2.75, 3.05) is 78.8 Å². The second kappa shape index (κ2) is 36.3. The van der Waals surface area contributed by atoms with E-state index in [2.05, 4.69) is 104 Å². The number of carbonyl (C=O) groups excluding carboxylic acids is 4. The molecule has 0 saturated heterocycles. The van der Waals surface area contributed by atoms with E-state index in [1.54, 1.807) is 0 Å². The van der Waals surface area contributed by atoms with E-state index in [1.807, 2.05) is 43.9 Å². The van der Waals surface area contributed by atoms with Crippen molar-refractivity contribution in [3.8, 4) is 23.0 Å². The van der Waals surface area contributed by atoms with Crippen molar-refractivity contribution in [1.29, 1.82) is 0 Å². The lowest BCUT2D eigenvalue weighted by Crippen LogP contribution is -2.36. The molecule has 0 saturated carbocycles. The number of nitrogens with zero attached hydrogens (tertiary/aromatic N) is 4. The Balaban J connectivity index is 1.72. The van der Waals surface area contributed by atoms with Crippen LogP contribution in [0.1, 0.15) is 203 Å². The van der Waals surface area contributed by atoms with Crippen molar-refractivity contribution in [3.63, 3.8) is 0 Å². The minimum Gasteiger partial charge on any atom is -0.483 e. The van der Waals surface area contributed by atoms with Crippen molar-refractivity contribution < 1.29 is 38.1 Å². The Morgan fingerprint density at radius 1 is 0.287 bits per heavy atom. The van der Waals surface area contributed by atoms with Gasteiger partial charge in [-0.1, -0.05) is 180 Å². The lowest BCUT2D eigenvalue weighted by Gasteiger charge is -2.26. The Labute approximate surface area is 482 Å². The molecule has 4 amide bonds. The maximum Gasteiger partial charge on any atom is 0.260 e. The summed E-state index contributed by atoms with van der Waals surface area (Å²) in [6, 6.07) is 24.6. The monoisotopic (exact) mass is 1100 g/mol. The number of hydrogen-bond acceptors (Lipinski definition) is 8. The predicted octanol–water partition coefficient (Wildman–Crippen LogP) is 13.6. The van der Waals surface area contributed by atoms with Crippen LogP contribution in [0.25, 0.3) is 0 Å². The fourth-order valence-electron chi connectivity index (χ4n) is 10.4. The van der Waals surface area contributed by atoms with Gasteiger partial charge >= 0.3 is 0 Å². The third kappa shape index (κ3) is 20.2. The van der Waals surface area contributed by atoms with Crippen LogP contribution in [-0.2, 0) is 44.9 Å². The first-order valence-corrected chi connectivity index (χ1v) is 31.1. The molecule has 0 N–H and O–H groups in total. The fourth-order valence-corrected chi connectivity index (χ4v) is 10.4. The van der Waals surface area contributed by atoms with Crippen LogP contribution in [0, 0.1) is 0 Å². The first-order chi connectivity index (χ1) is 39.0. The molecule has 80 heavy (non-hydrogen) atoms. The van der Waals surface area contributed by atoms with Crippen molar-refractivity contribution >= 4 is 23.6 Å². The van der Waals surface area contributed by atoms with E-state index in [9.17, 15) is 19.2 Å². The number of fused-ring (bicyclic) bond motifs is 8. The standard InChI is InChI=1S/C68H100N4O8/c1-9-17-37-69(38-18-10-2)61(73)49-77-65-53-29-25-30-54(65)46-56-32-27-34-58(67(56)79-51-63(75)71(41-21-13-5)42-22-14-6)48-60-36-28-35-59(68(60)80-52-64(76)72(43-23-15-7)44-24-16-8)47-57-33-26-31-55(45-53)66(57)78-50-62(74)70(39-19-11-3)40-20-12-4/h25-36H,9-24,37-52H2,1-8H3. The largest absolute Gasteiger partial charge is 0.483 e. The van der Waals surface area contributed by atoms with Crippen molar-refractivity contribution in [3.05, 3.63) is 117 Å². The Kier molecular flexibility index (Phi) is 29.4. The summed E-state index contributed by atoms with van der Waals surface area (Å²) in [5, 5.41) is 0. The van der Waals surface area contributed by atoms with Crippen LogP contribution >= 0.6 is 0 Å². The number of amides is 4. The van der Waals surface area contributed by atoms with Crippen molar-refractivity contribution in [2.45, 2.75) is 184 Å². The molecule has 0 radical (unpaired) electrons. The zero-order chi connectivity index (χ0) is 57.5. The van der Waals surface area contributed by atoms with Gasteiger partial charge in [-0.2, -0.15) is 0 Å². The summed E-state index contributed by atoms with van der Waals surface area (Å²) < 4.78 is 27.5. The van der Waals surface area contributed by atoms with E-state index in [4.69, 9.17) is 18.9 Å². The van der Waals surface area contributed by atoms with Gasteiger partial charge in [0.25, 0.3) is 23.6 Å². The van der Waals surface area contributed by atoms with Gasteiger partial charge in [-0.05, 0) is 95.9 Å². The van der Waals surface area contributed by atoms with Gasteiger partial charge in [0.15, 0.2) is 26.4 Å². The summed E-state index contributed by atoms with van der Waals surface area (Å²) in [4.78, 5) is 64.6. The third-order valence-electron chi connectivity index (χ3n) is 15.3. The van der Waals surface area contributed by atoms with Crippen LogP contribution < -0.4 is 18.9 Å². The second-order valence-corrected chi connectivity index (χ2v) is 21.8. The number of ether oxygens (including phenoxy) is 4. The van der Waals surface area contributed by atoms with Crippen molar-refractivity contribution in [2.24, 2.45) is 0 Å². The van der Waals surface area contributed by atoms with Crippen LogP contribution in [0.2, 0.25) is 0 Å². The van der Waals surface area contributed by atoms with E-state index in [0.29, 0.717) is 101 Å². The smallest absolute Gasteiger partial charge is 0.260 e. The van der Waals surface area contributed by atoms with Gasteiger partial charge in [0.05, 0.1) is 0 Å². The highest BCUT2D eigenvalue weighted by Gasteiger charge is 2.26. The maximum atomic E-state index is 14.2. The third-order valence-corrected chi connectivity index (χ3v) is 15.3. The zero-order valence-electron chi connectivity index (χ0n) is 50.6. The van der Waals surface area contributed by atoms with Gasteiger partial charge in [0, 0.05) is 78.0 Å². The molecular weight excluding hydrogens is 1000 g/mol. The average Bonchev–Trinajstić information content (AvgIpc) is 3.46. The summed E-state index contributed by atoms with van der Waals surface area (Å²) in [7, 11) is 0. The van der Waals surface area contributed by atoms with Crippen LogP contribution in [-0.4, -0.2) is 122 Å². The molecule has 440 valence electrons. The minimum atomic E-state index is -0.126. The van der Waals surface area contributed by atoms with Crippen molar-refractivity contribution in [1.82, 2.24) is 19.6 Å². The molecule has 8 bridgehead atoms. The Hall–Kier alpha value is -6.04. The predicted molar refractivity (Wildman–Crippen MR) is 325 cm³/mol. The van der Waals surface area contributed by atoms with Gasteiger partial charge in [-0.25, -0.2) is 0 Å². The van der Waals surface area contributed by atoms with E-state index in [1.165, 1.54) is 0 Å². The molecule has 1 aliphatic carbocycles. The summed E-state index contributed by atoms with van der Waals surface area (Å²) in [6.07, 6.45) is 16.7. The maximum absolute atomic E-state index is 14.2. The highest BCUT2D eigenvalue weighted by molar-refractivity contribution is 5.79. The average molecular weight is 1100 g/mol. The van der Waals surface area contributed by atoms with Gasteiger partial charge in [0.2, 0.25) is 0 Å². The number of hydrogen-bond donors (Lipinski definition) is 0. The molecule has 12 heteroatoms. The van der Waals surface area contributed by atoms with Gasteiger partial charge in [-0.15, -0.1) is 0 Å². The Bertz CT molecular complexity index is 2050. The van der Waals surface area contributed by atoms with E-state index >= 15 is 0 Å². The molecule has 4 aromatic carbocycles. The Morgan fingerprint density at radius 2 is 0.438 bits per heavy atom. The fraction of sp³-hybridized carbons (Fsp3) is 0.588. The molecule has 1 aliphatic rings.